The standard InChI is InChI=1S/C10H15BrO2/c1-9-4-3-7(5-13-8(9)12)10(9,2)6-11/h7H,3-6H2,1-2H3. The van der Waals surface area contributed by atoms with Crippen LogP contribution in [0.1, 0.15) is 26.7 Å². The van der Waals surface area contributed by atoms with Crippen molar-refractivity contribution in [3.05, 3.63) is 0 Å². The molecule has 1 saturated heterocycles. The van der Waals surface area contributed by atoms with Crippen LogP contribution in [0.4, 0.5) is 0 Å². The van der Waals surface area contributed by atoms with Crippen LogP contribution in [0.25, 0.3) is 0 Å². The van der Waals surface area contributed by atoms with Crippen molar-refractivity contribution in [2.24, 2.45) is 16.7 Å². The largest absolute Gasteiger partial charge is 0.465 e. The van der Waals surface area contributed by atoms with E-state index < -0.39 is 0 Å². The number of esters is 1. The van der Waals surface area contributed by atoms with Crippen molar-refractivity contribution in [1.29, 1.82) is 0 Å². The summed E-state index contributed by atoms with van der Waals surface area (Å²) in [6.45, 7) is 4.88. The predicted molar refractivity (Wildman–Crippen MR) is 53.7 cm³/mol. The van der Waals surface area contributed by atoms with Crippen LogP contribution in [0.2, 0.25) is 0 Å². The summed E-state index contributed by atoms with van der Waals surface area (Å²) in [5.74, 6) is 0.553. The molecule has 3 heteroatoms. The summed E-state index contributed by atoms with van der Waals surface area (Å²) >= 11 is 3.54. The molecule has 2 bridgehead atoms. The molecule has 1 heterocycles. The smallest absolute Gasteiger partial charge is 0.312 e. The Kier molecular flexibility index (Phi) is 1.99. The second-order valence-electron chi connectivity index (χ2n) is 4.72. The third kappa shape index (κ3) is 0.969. The Morgan fingerprint density at radius 1 is 1.62 bits per heavy atom. The highest BCUT2D eigenvalue weighted by Crippen LogP contribution is 2.59. The zero-order chi connectivity index (χ0) is 9.69. The van der Waals surface area contributed by atoms with Gasteiger partial charge in [-0.05, 0) is 25.2 Å². The van der Waals surface area contributed by atoms with Crippen molar-refractivity contribution in [1.82, 2.24) is 0 Å². The highest BCUT2D eigenvalue weighted by atomic mass is 79.9. The average molecular weight is 247 g/mol. The summed E-state index contributed by atoms with van der Waals surface area (Å²) in [7, 11) is 0. The number of alkyl halides is 1. The number of cyclic esters (lactones) is 1. The van der Waals surface area contributed by atoms with Gasteiger partial charge in [0.05, 0.1) is 12.0 Å². The number of carbonyl (C=O) groups is 1. The molecule has 1 aliphatic heterocycles. The maximum Gasteiger partial charge on any atom is 0.312 e. The molecule has 2 rings (SSSR count). The van der Waals surface area contributed by atoms with Crippen molar-refractivity contribution in [3.63, 3.8) is 0 Å². The van der Waals surface area contributed by atoms with E-state index in [0.29, 0.717) is 12.5 Å². The first-order valence-corrected chi connectivity index (χ1v) is 5.90. The van der Waals surface area contributed by atoms with Crippen LogP contribution in [0.5, 0.6) is 0 Å². The van der Waals surface area contributed by atoms with E-state index in [1.807, 2.05) is 0 Å². The number of hydrogen-bond donors (Lipinski definition) is 0. The van der Waals surface area contributed by atoms with Crippen LogP contribution >= 0.6 is 15.9 Å². The van der Waals surface area contributed by atoms with Crippen LogP contribution in [0.15, 0.2) is 0 Å². The van der Waals surface area contributed by atoms with Crippen molar-refractivity contribution in [2.75, 3.05) is 11.9 Å². The molecule has 1 saturated carbocycles. The van der Waals surface area contributed by atoms with E-state index in [1.54, 1.807) is 0 Å². The molecule has 2 nitrogen and oxygen atoms in total. The van der Waals surface area contributed by atoms with E-state index >= 15 is 0 Å². The van der Waals surface area contributed by atoms with Crippen molar-refractivity contribution in [2.45, 2.75) is 26.7 Å². The monoisotopic (exact) mass is 246 g/mol. The zero-order valence-corrected chi connectivity index (χ0v) is 9.69. The molecule has 0 aromatic rings. The lowest BCUT2D eigenvalue weighted by Gasteiger charge is -2.45. The van der Waals surface area contributed by atoms with E-state index in [9.17, 15) is 4.79 Å². The normalized spacial score (nSPS) is 49.2. The van der Waals surface area contributed by atoms with E-state index in [0.717, 1.165) is 18.2 Å². The SMILES string of the molecule is CC12CCC(COC1=O)C2(C)CBr. The number of halogens is 1. The molecule has 3 unspecified atom stereocenters. The summed E-state index contributed by atoms with van der Waals surface area (Å²) in [4.78, 5) is 11.7. The van der Waals surface area contributed by atoms with Gasteiger partial charge in [0, 0.05) is 11.2 Å². The lowest BCUT2D eigenvalue weighted by atomic mass is 9.64. The van der Waals surface area contributed by atoms with Gasteiger partial charge in [-0.15, -0.1) is 0 Å². The highest BCUT2D eigenvalue weighted by molar-refractivity contribution is 9.09. The summed E-state index contributed by atoms with van der Waals surface area (Å²) in [5, 5.41) is 0.899. The third-order valence-corrected chi connectivity index (χ3v) is 5.46. The Labute approximate surface area is 87.2 Å². The lowest BCUT2D eigenvalue weighted by Crippen LogP contribution is -2.50. The van der Waals surface area contributed by atoms with Gasteiger partial charge < -0.3 is 4.74 Å². The Balaban J connectivity index is 2.43. The fraction of sp³-hybridized carbons (Fsp3) is 0.900. The molecule has 0 N–H and O–H groups in total. The van der Waals surface area contributed by atoms with E-state index in [4.69, 9.17) is 4.74 Å². The zero-order valence-electron chi connectivity index (χ0n) is 8.10. The molecule has 0 radical (unpaired) electrons. The second-order valence-corrected chi connectivity index (χ2v) is 5.28. The van der Waals surface area contributed by atoms with Crippen LogP contribution in [-0.4, -0.2) is 17.9 Å². The van der Waals surface area contributed by atoms with Gasteiger partial charge in [0.25, 0.3) is 0 Å². The first-order chi connectivity index (χ1) is 6.04. The second kappa shape index (κ2) is 2.72. The highest BCUT2D eigenvalue weighted by Gasteiger charge is 2.61. The molecule has 13 heavy (non-hydrogen) atoms. The summed E-state index contributed by atoms with van der Waals surface area (Å²) < 4.78 is 5.21. The van der Waals surface area contributed by atoms with Gasteiger partial charge in [0.2, 0.25) is 0 Å². The maximum absolute atomic E-state index is 11.7. The third-order valence-electron chi connectivity index (χ3n) is 4.30. The summed E-state index contributed by atoms with van der Waals surface area (Å²) in [6.07, 6.45) is 2.11. The minimum absolute atomic E-state index is 0.00296. The van der Waals surface area contributed by atoms with E-state index in [2.05, 4.69) is 29.8 Å². The molecule has 0 aromatic heterocycles. The van der Waals surface area contributed by atoms with Gasteiger partial charge >= 0.3 is 5.97 Å². The molecular formula is C10H15BrO2. The van der Waals surface area contributed by atoms with Crippen LogP contribution in [-0.2, 0) is 9.53 Å². The predicted octanol–water partition coefficient (Wildman–Crippen LogP) is 2.36. The molecule has 0 amide bonds. The molecule has 74 valence electrons. The molecule has 3 atom stereocenters. The Bertz CT molecular complexity index is 253. The molecule has 1 aliphatic carbocycles. The van der Waals surface area contributed by atoms with Gasteiger partial charge in [0.15, 0.2) is 0 Å². The Morgan fingerprint density at radius 2 is 2.31 bits per heavy atom. The summed E-state index contributed by atoms with van der Waals surface area (Å²) in [6, 6.07) is 0. The number of ether oxygens (including phenoxy) is 1. The van der Waals surface area contributed by atoms with Gasteiger partial charge in [-0.25, -0.2) is 0 Å². The lowest BCUT2D eigenvalue weighted by molar-refractivity contribution is -0.173. The van der Waals surface area contributed by atoms with Crippen molar-refractivity contribution < 1.29 is 9.53 Å². The average Bonchev–Trinajstić information content (AvgIpc) is 2.26. The summed E-state index contributed by atoms with van der Waals surface area (Å²) in [5.41, 5.74) is -0.151. The van der Waals surface area contributed by atoms with Gasteiger partial charge in [-0.2, -0.15) is 0 Å². The first-order valence-electron chi connectivity index (χ1n) is 4.78. The topological polar surface area (TPSA) is 26.3 Å². The molecule has 0 aromatic carbocycles. The van der Waals surface area contributed by atoms with E-state index in [-0.39, 0.29) is 16.8 Å². The van der Waals surface area contributed by atoms with Crippen molar-refractivity contribution >= 4 is 21.9 Å². The Hall–Kier alpha value is -0.0500. The molecule has 2 fully saturated rings. The number of rotatable bonds is 1. The van der Waals surface area contributed by atoms with Gasteiger partial charge in [0.1, 0.15) is 0 Å². The first kappa shape index (κ1) is 9.50. The van der Waals surface area contributed by atoms with Gasteiger partial charge in [-0.3, -0.25) is 4.79 Å². The molecular weight excluding hydrogens is 232 g/mol. The van der Waals surface area contributed by atoms with Gasteiger partial charge in [-0.1, -0.05) is 22.9 Å². The molecule has 0 spiro atoms. The van der Waals surface area contributed by atoms with E-state index in [1.165, 1.54) is 0 Å². The van der Waals surface area contributed by atoms with Crippen molar-refractivity contribution in [3.8, 4) is 0 Å². The maximum atomic E-state index is 11.7. The number of fused-ring (bicyclic) bond motifs is 2. The number of hydrogen-bond acceptors (Lipinski definition) is 2. The molecule has 2 aliphatic rings. The number of carbonyl (C=O) groups excluding carboxylic acids is 1. The van der Waals surface area contributed by atoms with Crippen LogP contribution in [0.3, 0.4) is 0 Å². The minimum atomic E-state index is -0.251. The fourth-order valence-electron chi connectivity index (χ4n) is 2.71. The Morgan fingerprint density at radius 3 is 2.85 bits per heavy atom. The fourth-order valence-corrected chi connectivity index (χ4v) is 3.79. The minimum Gasteiger partial charge on any atom is -0.465 e. The van der Waals surface area contributed by atoms with Crippen LogP contribution < -0.4 is 0 Å². The quantitative estimate of drug-likeness (QED) is 0.525. The van der Waals surface area contributed by atoms with Crippen LogP contribution in [0, 0.1) is 16.7 Å².